The van der Waals surface area contributed by atoms with E-state index in [1.807, 2.05) is 0 Å². The van der Waals surface area contributed by atoms with Crippen molar-refractivity contribution in [3.05, 3.63) is 12.2 Å². The van der Waals surface area contributed by atoms with Crippen LogP contribution in [0.1, 0.15) is 40.0 Å². The van der Waals surface area contributed by atoms with Gasteiger partial charge >= 0.3 is 0 Å². The number of hydrogen-bond donors (Lipinski definition) is 0. The summed E-state index contributed by atoms with van der Waals surface area (Å²) in [6.07, 6.45) is 7.20. The fraction of sp³-hybridized carbons (Fsp3) is 0.750. The van der Waals surface area contributed by atoms with Gasteiger partial charge in [0.2, 0.25) is 0 Å². The lowest BCUT2D eigenvalue weighted by Gasteiger charge is -2.37. The minimum absolute atomic E-state index is 0.303. The molecule has 0 radical (unpaired) electrons. The molecule has 2 aliphatic carbocycles. The highest BCUT2D eigenvalue weighted by molar-refractivity contribution is 5.91. The van der Waals surface area contributed by atoms with Crippen LogP contribution in [0.3, 0.4) is 0 Å². The van der Waals surface area contributed by atoms with Crippen LogP contribution in [0.4, 0.5) is 0 Å². The van der Waals surface area contributed by atoms with Crippen LogP contribution in [0, 0.1) is 16.7 Å². The van der Waals surface area contributed by atoms with E-state index in [4.69, 9.17) is 0 Å². The molecule has 1 nitrogen and oxygen atoms in total. The maximum Gasteiger partial charge on any atom is 0.155 e. The van der Waals surface area contributed by atoms with E-state index in [-0.39, 0.29) is 0 Å². The molecule has 72 valence electrons. The van der Waals surface area contributed by atoms with Crippen LogP contribution < -0.4 is 0 Å². The monoisotopic (exact) mass is 178 g/mol. The molecule has 0 aromatic carbocycles. The number of fused-ring (bicyclic) bond motifs is 1. The standard InChI is InChI=1S/C12H18O/c1-11(2)6-7-12(3)5-4-9(13)8-10(11)12/h4-5,10H,6-8H2,1-3H3/t10-,12+/m1/s1. The van der Waals surface area contributed by atoms with Crippen LogP contribution in [0.25, 0.3) is 0 Å². The number of carbonyl (C=O) groups is 1. The van der Waals surface area contributed by atoms with Gasteiger partial charge in [-0.15, -0.1) is 0 Å². The number of carbonyl (C=O) groups excluding carboxylic acids is 1. The van der Waals surface area contributed by atoms with Crippen molar-refractivity contribution >= 4 is 5.78 Å². The van der Waals surface area contributed by atoms with E-state index in [1.165, 1.54) is 12.8 Å². The van der Waals surface area contributed by atoms with E-state index >= 15 is 0 Å². The van der Waals surface area contributed by atoms with Gasteiger partial charge in [-0.25, -0.2) is 0 Å². The molecule has 13 heavy (non-hydrogen) atoms. The molecule has 1 fully saturated rings. The van der Waals surface area contributed by atoms with Gasteiger partial charge in [0.1, 0.15) is 0 Å². The average Bonchev–Trinajstić information content (AvgIpc) is 2.28. The van der Waals surface area contributed by atoms with Crippen molar-refractivity contribution in [3.63, 3.8) is 0 Å². The summed E-state index contributed by atoms with van der Waals surface area (Å²) in [5.41, 5.74) is 0.659. The molecule has 0 heterocycles. The normalized spacial score (nSPS) is 42.1. The highest BCUT2D eigenvalue weighted by Gasteiger charge is 2.49. The van der Waals surface area contributed by atoms with Gasteiger partial charge in [-0.3, -0.25) is 4.79 Å². The molecular formula is C12H18O. The Morgan fingerprint density at radius 2 is 2.00 bits per heavy atom. The molecule has 1 saturated carbocycles. The zero-order valence-electron chi connectivity index (χ0n) is 8.76. The van der Waals surface area contributed by atoms with E-state index < -0.39 is 0 Å². The Morgan fingerprint density at radius 1 is 1.31 bits per heavy atom. The van der Waals surface area contributed by atoms with Gasteiger partial charge in [0.05, 0.1) is 0 Å². The van der Waals surface area contributed by atoms with Crippen molar-refractivity contribution in [2.75, 3.05) is 0 Å². The second-order valence-electron chi connectivity index (χ2n) is 5.55. The molecular weight excluding hydrogens is 160 g/mol. The van der Waals surface area contributed by atoms with Gasteiger partial charge in [-0.05, 0) is 35.7 Å². The summed E-state index contributed by atoms with van der Waals surface area (Å²) in [4.78, 5) is 11.3. The molecule has 2 atom stereocenters. The van der Waals surface area contributed by atoms with Crippen molar-refractivity contribution in [1.82, 2.24) is 0 Å². The van der Waals surface area contributed by atoms with E-state index in [0.29, 0.717) is 22.5 Å². The highest BCUT2D eigenvalue weighted by atomic mass is 16.1. The van der Waals surface area contributed by atoms with E-state index in [2.05, 4.69) is 26.8 Å². The lowest BCUT2D eigenvalue weighted by molar-refractivity contribution is -0.117. The van der Waals surface area contributed by atoms with Crippen LogP contribution in [-0.4, -0.2) is 5.78 Å². The van der Waals surface area contributed by atoms with Crippen LogP contribution in [-0.2, 0) is 4.79 Å². The second kappa shape index (κ2) is 2.46. The largest absolute Gasteiger partial charge is 0.295 e. The van der Waals surface area contributed by atoms with Crippen molar-refractivity contribution in [1.29, 1.82) is 0 Å². The predicted octanol–water partition coefficient (Wildman–Crippen LogP) is 2.96. The lowest BCUT2D eigenvalue weighted by atomic mass is 9.66. The van der Waals surface area contributed by atoms with Crippen LogP contribution >= 0.6 is 0 Å². The first-order valence-electron chi connectivity index (χ1n) is 5.16. The summed E-state index contributed by atoms with van der Waals surface area (Å²) < 4.78 is 0. The minimum Gasteiger partial charge on any atom is -0.295 e. The van der Waals surface area contributed by atoms with Gasteiger partial charge in [-0.1, -0.05) is 26.8 Å². The molecule has 2 aliphatic rings. The molecule has 0 saturated heterocycles. The van der Waals surface area contributed by atoms with Crippen molar-refractivity contribution in [3.8, 4) is 0 Å². The SMILES string of the molecule is CC1(C)CC[C@]2(C)C=CC(=O)C[C@H]12. The molecule has 0 bridgehead atoms. The molecule has 1 heteroatoms. The molecule has 2 rings (SSSR count). The summed E-state index contributed by atoms with van der Waals surface area (Å²) in [6.45, 7) is 6.90. The summed E-state index contributed by atoms with van der Waals surface area (Å²) >= 11 is 0. The van der Waals surface area contributed by atoms with E-state index in [9.17, 15) is 4.79 Å². The minimum atomic E-state index is 0.303. The maximum absolute atomic E-state index is 11.3. The number of hydrogen-bond acceptors (Lipinski definition) is 1. The zero-order valence-corrected chi connectivity index (χ0v) is 8.76. The Kier molecular flexibility index (Phi) is 1.70. The number of rotatable bonds is 0. The molecule has 0 amide bonds. The Hall–Kier alpha value is -0.590. The summed E-state index contributed by atoms with van der Waals surface area (Å²) in [6, 6.07) is 0. The fourth-order valence-electron chi connectivity index (χ4n) is 3.09. The van der Waals surface area contributed by atoms with Gasteiger partial charge in [0, 0.05) is 6.42 Å². The molecule has 0 aromatic rings. The smallest absolute Gasteiger partial charge is 0.155 e. The fourth-order valence-corrected chi connectivity index (χ4v) is 3.09. The average molecular weight is 178 g/mol. The van der Waals surface area contributed by atoms with Gasteiger partial charge < -0.3 is 0 Å². The van der Waals surface area contributed by atoms with Crippen molar-refractivity contribution < 1.29 is 4.79 Å². The van der Waals surface area contributed by atoms with Gasteiger partial charge in [0.25, 0.3) is 0 Å². The molecule has 0 aliphatic heterocycles. The first-order chi connectivity index (χ1) is 5.94. The van der Waals surface area contributed by atoms with Gasteiger partial charge in [-0.2, -0.15) is 0 Å². The molecule has 0 N–H and O–H groups in total. The van der Waals surface area contributed by atoms with E-state index in [1.54, 1.807) is 6.08 Å². The number of allylic oxidation sites excluding steroid dienone is 2. The first-order valence-corrected chi connectivity index (χ1v) is 5.16. The van der Waals surface area contributed by atoms with Crippen LogP contribution in [0.2, 0.25) is 0 Å². The third-order valence-electron chi connectivity index (χ3n) is 4.10. The topological polar surface area (TPSA) is 17.1 Å². The zero-order chi connectivity index (χ0) is 9.69. The van der Waals surface area contributed by atoms with Crippen molar-refractivity contribution in [2.24, 2.45) is 16.7 Å². The lowest BCUT2D eigenvalue weighted by Crippen LogP contribution is -2.33. The van der Waals surface area contributed by atoms with E-state index in [0.717, 1.165) is 6.42 Å². The van der Waals surface area contributed by atoms with Crippen LogP contribution in [0.5, 0.6) is 0 Å². The molecule has 0 aromatic heterocycles. The van der Waals surface area contributed by atoms with Gasteiger partial charge in [0.15, 0.2) is 5.78 Å². The predicted molar refractivity (Wildman–Crippen MR) is 53.4 cm³/mol. The number of ketones is 1. The molecule has 0 unspecified atom stereocenters. The third-order valence-corrected chi connectivity index (χ3v) is 4.10. The summed E-state index contributed by atoms with van der Waals surface area (Å²) in [7, 11) is 0. The quantitative estimate of drug-likeness (QED) is 0.557. The third kappa shape index (κ3) is 1.25. The Labute approximate surface area is 80.2 Å². The summed E-state index contributed by atoms with van der Waals surface area (Å²) in [5.74, 6) is 0.884. The second-order valence-corrected chi connectivity index (χ2v) is 5.55. The maximum atomic E-state index is 11.3. The Balaban J connectivity index is 2.37. The first kappa shape index (κ1) is 8.98. The molecule has 0 spiro atoms. The Morgan fingerprint density at radius 3 is 2.69 bits per heavy atom. The van der Waals surface area contributed by atoms with Crippen molar-refractivity contribution in [2.45, 2.75) is 40.0 Å². The summed E-state index contributed by atoms with van der Waals surface area (Å²) in [5, 5.41) is 0. The Bertz CT molecular complexity index is 275. The highest BCUT2D eigenvalue weighted by Crippen LogP contribution is 2.57. The van der Waals surface area contributed by atoms with Crippen LogP contribution in [0.15, 0.2) is 12.2 Å².